The van der Waals surface area contributed by atoms with Crippen LogP contribution < -0.4 is 0 Å². The Hall–Kier alpha value is -0.840. The van der Waals surface area contributed by atoms with E-state index < -0.39 is 0 Å². The van der Waals surface area contributed by atoms with Gasteiger partial charge in [0.2, 0.25) is 0 Å². The van der Waals surface area contributed by atoms with Crippen LogP contribution in [0.4, 0.5) is 0 Å². The molecule has 1 aromatic rings. The lowest BCUT2D eigenvalue weighted by Gasteiger charge is -2.36. The van der Waals surface area contributed by atoms with E-state index in [1.807, 2.05) is 12.1 Å². The van der Waals surface area contributed by atoms with E-state index in [0.717, 1.165) is 31.9 Å². The van der Waals surface area contributed by atoms with Crippen molar-refractivity contribution in [3.8, 4) is 0 Å². The lowest BCUT2D eigenvalue weighted by atomic mass is 10.0. The largest absolute Gasteiger partial charge is 0.468 e. The van der Waals surface area contributed by atoms with Crippen molar-refractivity contribution >= 4 is 0 Å². The zero-order valence-corrected chi connectivity index (χ0v) is 10.5. The van der Waals surface area contributed by atoms with Gasteiger partial charge in [0, 0.05) is 12.6 Å². The average molecular weight is 238 g/mol. The number of rotatable bonds is 5. The van der Waals surface area contributed by atoms with Gasteiger partial charge in [-0.05, 0) is 45.1 Å². The molecule has 4 nitrogen and oxygen atoms in total. The summed E-state index contributed by atoms with van der Waals surface area (Å²) in [6.45, 7) is 4.04. The fraction of sp³-hybridized carbons (Fsp3) is 0.692. The van der Waals surface area contributed by atoms with Crippen LogP contribution in [0.15, 0.2) is 22.8 Å². The van der Waals surface area contributed by atoms with Gasteiger partial charge < -0.3 is 14.4 Å². The molecule has 0 unspecified atom stereocenters. The maximum Gasteiger partial charge on any atom is 0.117 e. The summed E-state index contributed by atoms with van der Waals surface area (Å²) in [4.78, 5) is 4.70. The highest BCUT2D eigenvalue weighted by Crippen LogP contribution is 2.18. The Morgan fingerprint density at radius 1 is 1.47 bits per heavy atom. The molecule has 1 N–H and O–H groups in total. The summed E-state index contributed by atoms with van der Waals surface area (Å²) >= 11 is 0. The lowest BCUT2D eigenvalue weighted by Crippen LogP contribution is -2.44. The van der Waals surface area contributed by atoms with E-state index in [1.165, 1.54) is 12.8 Å². The van der Waals surface area contributed by atoms with Crippen LogP contribution in [0.5, 0.6) is 0 Å². The quantitative estimate of drug-likeness (QED) is 0.836. The average Bonchev–Trinajstić information content (AvgIpc) is 2.82. The van der Waals surface area contributed by atoms with E-state index in [9.17, 15) is 0 Å². The van der Waals surface area contributed by atoms with Gasteiger partial charge in [-0.25, -0.2) is 0 Å². The standard InChI is InChI=1S/C13H22N2O2/c1-14-6-4-12(5-7-14)15(8-9-16)11-13-3-2-10-17-13/h2-3,10,12,16H,4-9,11H2,1H3. The first-order valence-corrected chi connectivity index (χ1v) is 6.35. The van der Waals surface area contributed by atoms with Crippen LogP contribution >= 0.6 is 0 Å². The number of aliphatic hydroxyl groups excluding tert-OH is 1. The van der Waals surface area contributed by atoms with Gasteiger partial charge in [-0.2, -0.15) is 0 Å². The molecule has 1 fully saturated rings. The number of nitrogens with zero attached hydrogens (tertiary/aromatic N) is 2. The molecule has 17 heavy (non-hydrogen) atoms. The minimum absolute atomic E-state index is 0.215. The second-order valence-corrected chi connectivity index (χ2v) is 4.81. The predicted molar refractivity (Wildman–Crippen MR) is 66.7 cm³/mol. The molecule has 1 aliphatic rings. The molecule has 96 valence electrons. The van der Waals surface area contributed by atoms with Crippen molar-refractivity contribution in [3.63, 3.8) is 0 Å². The van der Waals surface area contributed by atoms with Gasteiger partial charge in [0.05, 0.1) is 19.4 Å². The SMILES string of the molecule is CN1CCC(N(CCO)Cc2ccco2)CC1. The fourth-order valence-corrected chi connectivity index (χ4v) is 2.48. The molecule has 0 bridgehead atoms. The zero-order valence-electron chi connectivity index (χ0n) is 10.5. The molecule has 1 aromatic heterocycles. The van der Waals surface area contributed by atoms with Crippen molar-refractivity contribution in [2.24, 2.45) is 0 Å². The topological polar surface area (TPSA) is 39.9 Å². The van der Waals surface area contributed by atoms with Gasteiger partial charge in [-0.15, -0.1) is 0 Å². The molecular weight excluding hydrogens is 216 g/mol. The first-order chi connectivity index (χ1) is 8.29. The number of piperidine rings is 1. The minimum Gasteiger partial charge on any atom is -0.468 e. The molecule has 0 radical (unpaired) electrons. The minimum atomic E-state index is 0.215. The summed E-state index contributed by atoms with van der Waals surface area (Å²) in [7, 11) is 2.17. The van der Waals surface area contributed by atoms with Crippen LogP contribution in [0.3, 0.4) is 0 Å². The molecule has 1 aliphatic heterocycles. The van der Waals surface area contributed by atoms with Crippen LogP contribution in [0.1, 0.15) is 18.6 Å². The molecule has 0 spiro atoms. The Morgan fingerprint density at radius 3 is 2.82 bits per heavy atom. The van der Waals surface area contributed by atoms with Gasteiger partial charge in [-0.3, -0.25) is 4.90 Å². The Bertz CT molecular complexity index is 305. The molecule has 0 atom stereocenters. The van der Waals surface area contributed by atoms with Crippen LogP contribution in [-0.2, 0) is 6.54 Å². The third kappa shape index (κ3) is 3.56. The van der Waals surface area contributed by atoms with Crippen molar-refractivity contribution < 1.29 is 9.52 Å². The second kappa shape index (κ2) is 6.19. The number of hydrogen-bond donors (Lipinski definition) is 1. The Labute approximate surface area is 103 Å². The Morgan fingerprint density at radius 2 is 2.24 bits per heavy atom. The van der Waals surface area contributed by atoms with Gasteiger partial charge >= 0.3 is 0 Å². The van der Waals surface area contributed by atoms with E-state index in [4.69, 9.17) is 9.52 Å². The first-order valence-electron chi connectivity index (χ1n) is 6.35. The fourth-order valence-electron chi connectivity index (χ4n) is 2.48. The summed E-state index contributed by atoms with van der Waals surface area (Å²) in [5, 5.41) is 9.17. The normalized spacial score (nSPS) is 19.0. The highest BCUT2D eigenvalue weighted by atomic mass is 16.3. The van der Waals surface area contributed by atoms with Crippen LogP contribution in [0, 0.1) is 0 Å². The summed E-state index contributed by atoms with van der Waals surface area (Å²) in [6, 6.07) is 4.49. The van der Waals surface area contributed by atoms with E-state index in [1.54, 1.807) is 6.26 Å². The highest BCUT2D eigenvalue weighted by Gasteiger charge is 2.23. The molecule has 1 saturated heterocycles. The molecule has 2 rings (SSSR count). The van der Waals surface area contributed by atoms with Crippen LogP contribution in [-0.4, -0.2) is 54.2 Å². The molecule has 0 aliphatic carbocycles. The van der Waals surface area contributed by atoms with Crippen molar-refractivity contribution in [3.05, 3.63) is 24.2 Å². The third-order valence-corrected chi connectivity index (χ3v) is 3.53. The van der Waals surface area contributed by atoms with Gasteiger partial charge in [0.25, 0.3) is 0 Å². The lowest BCUT2D eigenvalue weighted by molar-refractivity contribution is 0.0883. The maximum absolute atomic E-state index is 9.17. The van der Waals surface area contributed by atoms with Crippen molar-refractivity contribution in [1.82, 2.24) is 9.80 Å². The van der Waals surface area contributed by atoms with E-state index in [-0.39, 0.29) is 6.61 Å². The molecule has 0 saturated carbocycles. The highest BCUT2D eigenvalue weighted by molar-refractivity contribution is 4.98. The smallest absolute Gasteiger partial charge is 0.117 e. The molecular formula is C13H22N2O2. The van der Waals surface area contributed by atoms with Crippen molar-refractivity contribution in [2.45, 2.75) is 25.4 Å². The number of aliphatic hydroxyl groups is 1. The number of furan rings is 1. The summed E-state index contributed by atoms with van der Waals surface area (Å²) in [6.07, 6.45) is 4.07. The van der Waals surface area contributed by atoms with E-state index in [2.05, 4.69) is 16.8 Å². The predicted octanol–water partition coefficient (Wildman–Crippen LogP) is 1.17. The maximum atomic E-state index is 9.17. The summed E-state index contributed by atoms with van der Waals surface area (Å²) < 4.78 is 5.39. The summed E-state index contributed by atoms with van der Waals surface area (Å²) in [5.41, 5.74) is 0. The Kier molecular flexibility index (Phi) is 4.59. The third-order valence-electron chi connectivity index (χ3n) is 3.53. The monoisotopic (exact) mass is 238 g/mol. The van der Waals surface area contributed by atoms with Crippen LogP contribution in [0.2, 0.25) is 0 Å². The zero-order chi connectivity index (χ0) is 12.1. The molecule has 0 amide bonds. The number of hydrogen-bond acceptors (Lipinski definition) is 4. The first kappa shape index (κ1) is 12.6. The van der Waals surface area contributed by atoms with Gasteiger partial charge in [0.15, 0.2) is 0 Å². The van der Waals surface area contributed by atoms with Gasteiger partial charge in [-0.1, -0.05) is 0 Å². The van der Waals surface area contributed by atoms with E-state index >= 15 is 0 Å². The van der Waals surface area contributed by atoms with Crippen LogP contribution in [0.25, 0.3) is 0 Å². The van der Waals surface area contributed by atoms with E-state index in [0.29, 0.717) is 6.04 Å². The summed E-state index contributed by atoms with van der Waals surface area (Å²) in [5.74, 6) is 0.984. The number of likely N-dealkylation sites (tertiary alicyclic amines) is 1. The molecule has 4 heteroatoms. The molecule has 0 aromatic carbocycles. The Balaban J connectivity index is 1.92. The second-order valence-electron chi connectivity index (χ2n) is 4.81. The molecule has 2 heterocycles. The van der Waals surface area contributed by atoms with Gasteiger partial charge in [0.1, 0.15) is 5.76 Å². The van der Waals surface area contributed by atoms with Crippen molar-refractivity contribution in [1.29, 1.82) is 0 Å². The van der Waals surface area contributed by atoms with Crippen molar-refractivity contribution in [2.75, 3.05) is 33.3 Å².